The maximum atomic E-state index is 11.2. The van der Waals surface area contributed by atoms with Crippen LogP contribution >= 0.6 is 0 Å². The summed E-state index contributed by atoms with van der Waals surface area (Å²) in [7, 11) is 0. The van der Waals surface area contributed by atoms with Gasteiger partial charge in [-0.25, -0.2) is 0 Å². The number of carboxylic acids is 1. The molecule has 1 unspecified atom stereocenters. The number of ether oxygens (including phenoxy) is 1. The van der Waals surface area contributed by atoms with E-state index in [1.165, 1.54) is 0 Å². The molecule has 86 valence electrons. The molecule has 1 aliphatic rings. The van der Waals surface area contributed by atoms with E-state index < -0.39 is 12.0 Å². The molecule has 1 saturated heterocycles. The first-order valence-electron chi connectivity index (χ1n) is 5.47. The molecular formula is C12H15NO3. The number of rotatable bonds is 3. The van der Waals surface area contributed by atoms with E-state index in [1.807, 2.05) is 30.3 Å². The summed E-state index contributed by atoms with van der Waals surface area (Å²) in [6.45, 7) is 2.67. The van der Waals surface area contributed by atoms with Gasteiger partial charge in [0.25, 0.3) is 0 Å². The molecule has 2 rings (SSSR count). The van der Waals surface area contributed by atoms with Crippen LogP contribution in [-0.4, -0.2) is 32.3 Å². The minimum Gasteiger partial charge on any atom is -0.544 e. The number of morpholine rings is 1. The van der Waals surface area contributed by atoms with Crippen LogP contribution in [0.4, 0.5) is 0 Å². The van der Waals surface area contributed by atoms with Crippen molar-refractivity contribution in [1.82, 2.24) is 0 Å². The summed E-state index contributed by atoms with van der Waals surface area (Å²) in [6.07, 6.45) is 0. The SMILES string of the molecule is O=C([O-])C(c1ccccc1)[NH+]1CCOCC1. The lowest BCUT2D eigenvalue weighted by Gasteiger charge is -2.32. The Bertz CT molecular complexity index is 347. The zero-order valence-corrected chi connectivity index (χ0v) is 9.02. The van der Waals surface area contributed by atoms with Gasteiger partial charge in [-0.3, -0.25) is 0 Å². The highest BCUT2D eigenvalue weighted by molar-refractivity contribution is 5.71. The minimum atomic E-state index is -1.01. The van der Waals surface area contributed by atoms with Gasteiger partial charge in [-0.1, -0.05) is 30.3 Å². The van der Waals surface area contributed by atoms with Crippen LogP contribution in [0.25, 0.3) is 0 Å². The lowest BCUT2D eigenvalue weighted by Crippen LogP contribution is -3.15. The highest BCUT2D eigenvalue weighted by Gasteiger charge is 2.27. The number of carboxylic acid groups (broad SMARTS) is 1. The fourth-order valence-corrected chi connectivity index (χ4v) is 2.11. The van der Waals surface area contributed by atoms with E-state index in [0.29, 0.717) is 26.3 Å². The quantitative estimate of drug-likeness (QED) is 0.668. The van der Waals surface area contributed by atoms with Crippen molar-refractivity contribution < 1.29 is 19.5 Å². The molecule has 1 aliphatic heterocycles. The maximum Gasteiger partial charge on any atom is 0.153 e. The van der Waals surface area contributed by atoms with Gasteiger partial charge in [0, 0.05) is 5.56 Å². The summed E-state index contributed by atoms with van der Waals surface area (Å²) in [5.74, 6) is -1.01. The second kappa shape index (κ2) is 5.09. The molecule has 4 heteroatoms. The number of hydrogen-bond acceptors (Lipinski definition) is 3. The Labute approximate surface area is 94.4 Å². The standard InChI is InChI=1S/C12H15NO3/c14-12(15)11(10-4-2-1-3-5-10)13-6-8-16-9-7-13/h1-5,11H,6-9H2,(H,14,15). The Morgan fingerprint density at radius 1 is 1.25 bits per heavy atom. The van der Waals surface area contributed by atoms with Crippen molar-refractivity contribution in [3.8, 4) is 0 Å². The summed E-state index contributed by atoms with van der Waals surface area (Å²) in [4.78, 5) is 12.2. The molecule has 1 fully saturated rings. The van der Waals surface area contributed by atoms with Crippen molar-refractivity contribution in [3.05, 3.63) is 35.9 Å². The first kappa shape index (κ1) is 11.1. The normalized spacial score (nSPS) is 19.2. The molecule has 1 N–H and O–H groups in total. The maximum absolute atomic E-state index is 11.2. The van der Waals surface area contributed by atoms with Gasteiger partial charge in [0.2, 0.25) is 0 Å². The third-order valence-electron chi connectivity index (χ3n) is 2.91. The average molecular weight is 221 g/mol. The van der Waals surface area contributed by atoms with E-state index >= 15 is 0 Å². The summed E-state index contributed by atoms with van der Waals surface area (Å²) in [5.41, 5.74) is 0.805. The molecule has 0 aliphatic carbocycles. The number of hydrogen-bond donors (Lipinski definition) is 1. The minimum absolute atomic E-state index is 0.579. The van der Waals surface area contributed by atoms with Crippen LogP contribution < -0.4 is 10.0 Å². The van der Waals surface area contributed by atoms with Gasteiger partial charge in [0.1, 0.15) is 19.1 Å². The van der Waals surface area contributed by atoms with Gasteiger partial charge in [0.05, 0.1) is 13.2 Å². The van der Waals surface area contributed by atoms with Crippen molar-refractivity contribution in [1.29, 1.82) is 0 Å². The predicted octanol–water partition coefficient (Wildman–Crippen LogP) is -1.61. The van der Waals surface area contributed by atoms with Crippen molar-refractivity contribution in [2.24, 2.45) is 0 Å². The predicted molar refractivity (Wildman–Crippen MR) is 55.7 cm³/mol. The number of benzene rings is 1. The smallest absolute Gasteiger partial charge is 0.153 e. The highest BCUT2D eigenvalue weighted by atomic mass is 16.5. The van der Waals surface area contributed by atoms with Crippen molar-refractivity contribution >= 4 is 5.97 Å². The Kier molecular flexibility index (Phi) is 3.54. The van der Waals surface area contributed by atoms with Gasteiger partial charge in [-0.2, -0.15) is 0 Å². The van der Waals surface area contributed by atoms with Crippen LogP contribution in [-0.2, 0) is 9.53 Å². The Morgan fingerprint density at radius 3 is 2.44 bits per heavy atom. The second-order valence-electron chi connectivity index (χ2n) is 3.93. The molecule has 0 saturated carbocycles. The van der Waals surface area contributed by atoms with Crippen molar-refractivity contribution in [2.45, 2.75) is 6.04 Å². The number of quaternary nitrogens is 1. The van der Waals surface area contributed by atoms with Crippen LogP contribution in [0.3, 0.4) is 0 Å². The molecule has 16 heavy (non-hydrogen) atoms. The largest absolute Gasteiger partial charge is 0.544 e. The van der Waals surface area contributed by atoms with E-state index in [0.717, 1.165) is 10.5 Å². The summed E-state index contributed by atoms with van der Waals surface area (Å²) in [6, 6.07) is 8.68. The Balaban J connectivity index is 2.20. The van der Waals surface area contributed by atoms with Crippen LogP contribution in [0.5, 0.6) is 0 Å². The molecule has 0 bridgehead atoms. The summed E-state index contributed by atoms with van der Waals surface area (Å²) >= 11 is 0. The molecule has 1 aromatic carbocycles. The molecular weight excluding hydrogens is 206 g/mol. The molecule has 1 heterocycles. The van der Waals surface area contributed by atoms with Crippen LogP contribution in [0.2, 0.25) is 0 Å². The van der Waals surface area contributed by atoms with Gasteiger partial charge >= 0.3 is 0 Å². The molecule has 0 aromatic heterocycles. The molecule has 1 atom stereocenters. The topological polar surface area (TPSA) is 53.8 Å². The molecule has 1 aromatic rings. The molecule has 0 radical (unpaired) electrons. The van der Waals surface area contributed by atoms with Crippen molar-refractivity contribution in [3.63, 3.8) is 0 Å². The van der Waals surface area contributed by atoms with Gasteiger partial charge in [-0.05, 0) is 0 Å². The van der Waals surface area contributed by atoms with E-state index in [4.69, 9.17) is 4.74 Å². The lowest BCUT2D eigenvalue weighted by atomic mass is 10.1. The monoisotopic (exact) mass is 221 g/mol. The van der Waals surface area contributed by atoms with Crippen molar-refractivity contribution in [2.75, 3.05) is 26.3 Å². The van der Waals surface area contributed by atoms with E-state index in [9.17, 15) is 9.90 Å². The van der Waals surface area contributed by atoms with Crippen LogP contribution in [0, 0.1) is 0 Å². The third-order valence-corrected chi connectivity index (χ3v) is 2.91. The molecule has 4 nitrogen and oxygen atoms in total. The Morgan fingerprint density at radius 2 is 1.88 bits per heavy atom. The average Bonchev–Trinajstić information content (AvgIpc) is 2.31. The fraction of sp³-hybridized carbons (Fsp3) is 0.417. The fourth-order valence-electron chi connectivity index (χ4n) is 2.11. The summed E-state index contributed by atoms with van der Waals surface area (Å²) in [5, 5.41) is 11.2. The van der Waals surface area contributed by atoms with E-state index in [2.05, 4.69) is 0 Å². The second-order valence-corrected chi connectivity index (χ2v) is 3.93. The molecule has 0 amide bonds. The lowest BCUT2D eigenvalue weighted by molar-refractivity contribution is -0.932. The number of carbonyl (C=O) groups is 1. The number of carbonyl (C=O) groups excluding carboxylic acids is 1. The first-order valence-corrected chi connectivity index (χ1v) is 5.47. The Hall–Kier alpha value is -1.39. The summed E-state index contributed by atoms with van der Waals surface area (Å²) < 4.78 is 5.23. The number of aliphatic carboxylic acids is 1. The number of nitrogens with one attached hydrogen (secondary N) is 1. The van der Waals surface area contributed by atoms with E-state index in [-0.39, 0.29) is 0 Å². The van der Waals surface area contributed by atoms with Gasteiger partial charge < -0.3 is 19.5 Å². The third kappa shape index (κ3) is 2.40. The highest BCUT2D eigenvalue weighted by Crippen LogP contribution is 2.08. The zero-order chi connectivity index (χ0) is 11.4. The van der Waals surface area contributed by atoms with Gasteiger partial charge in [0.15, 0.2) is 6.04 Å². The van der Waals surface area contributed by atoms with Crippen LogP contribution in [0.1, 0.15) is 11.6 Å². The van der Waals surface area contributed by atoms with Crippen LogP contribution in [0.15, 0.2) is 30.3 Å². The molecule has 0 spiro atoms. The zero-order valence-electron chi connectivity index (χ0n) is 9.02. The van der Waals surface area contributed by atoms with Gasteiger partial charge in [-0.15, -0.1) is 0 Å². The first-order chi connectivity index (χ1) is 7.79. The van der Waals surface area contributed by atoms with E-state index in [1.54, 1.807) is 0 Å².